The molecule has 0 aromatic rings. The molecule has 4 saturated carbocycles. The van der Waals surface area contributed by atoms with Crippen molar-refractivity contribution in [2.45, 2.75) is 92.2 Å². The highest BCUT2D eigenvalue weighted by molar-refractivity contribution is 5.18. The van der Waals surface area contributed by atoms with Gasteiger partial charge in [-0.1, -0.05) is 41.5 Å². The van der Waals surface area contributed by atoms with E-state index in [1.54, 1.807) is 0 Å². The average molecular weight is 333 g/mol. The number of nitrogens with two attached hydrogens (primary N) is 1. The van der Waals surface area contributed by atoms with Crippen molar-refractivity contribution in [3.63, 3.8) is 0 Å². The smallest absolute Gasteiger partial charge is 0.0161 e. The van der Waals surface area contributed by atoms with Gasteiger partial charge >= 0.3 is 0 Å². The van der Waals surface area contributed by atoms with Crippen molar-refractivity contribution >= 4 is 0 Å². The summed E-state index contributed by atoms with van der Waals surface area (Å²) < 4.78 is 0. The maximum atomic E-state index is 6.14. The van der Waals surface area contributed by atoms with E-state index in [0.29, 0.717) is 21.7 Å². The molecule has 2 nitrogen and oxygen atoms in total. The lowest BCUT2D eigenvalue weighted by atomic mass is 9.66. The molecule has 6 atom stereocenters. The molecule has 0 heterocycles. The van der Waals surface area contributed by atoms with Crippen LogP contribution in [0, 0.1) is 33.5 Å². The predicted molar refractivity (Wildman–Crippen MR) is 102 cm³/mol. The zero-order valence-corrected chi connectivity index (χ0v) is 17.0. The van der Waals surface area contributed by atoms with Gasteiger partial charge in [0.05, 0.1) is 0 Å². The van der Waals surface area contributed by atoms with Crippen molar-refractivity contribution in [2.75, 3.05) is 13.1 Å². The first-order valence-corrected chi connectivity index (χ1v) is 10.6. The molecule has 4 fully saturated rings. The standard InChI is InChI=1S/C22H40N2/c1-19(2)15-7-9-21(19,5)17(13-15)24(12-11-23)18-14-16-8-10-22(18,6)20(16,3)4/h15-18H,7-14,23H2,1-6H3/t15-,16-,17?,18?,21-,22-/m1/s1. The molecule has 0 aromatic heterocycles. The SMILES string of the molecule is CC1(C)[C@@H]2CC[C@]1(C)C(N(CCN)C1C[C@H]3CC[C@@]1(C)C3(C)C)C2. The van der Waals surface area contributed by atoms with Crippen molar-refractivity contribution < 1.29 is 0 Å². The molecule has 0 spiro atoms. The third-order valence-corrected chi connectivity index (χ3v) is 10.7. The van der Waals surface area contributed by atoms with Gasteiger partial charge in [0.1, 0.15) is 0 Å². The average Bonchev–Trinajstić information content (AvgIpc) is 3.03. The molecule has 4 aliphatic carbocycles. The summed E-state index contributed by atoms with van der Waals surface area (Å²) in [5, 5.41) is 0. The Hall–Kier alpha value is -0.0800. The largest absolute Gasteiger partial charge is 0.329 e. The summed E-state index contributed by atoms with van der Waals surface area (Å²) in [6.45, 7) is 17.3. The Balaban J connectivity index is 1.68. The fourth-order valence-corrected chi connectivity index (χ4v) is 8.00. The van der Waals surface area contributed by atoms with Crippen LogP contribution >= 0.6 is 0 Å². The zero-order valence-electron chi connectivity index (χ0n) is 17.0. The summed E-state index contributed by atoms with van der Waals surface area (Å²) >= 11 is 0. The van der Waals surface area contributed by atoms with Crippen LogP contribution in [0.1, 0.15) is 80.1 Å². The van der Waals surface area contributed by atoms with Crippen LogP contribution in [0.4, 0.5) is 0 Å². The van der Waals surface area contributed by atoms with E-state index in [4.69, 9.17) is 5.73 Å². The molecule has 4 aliphatic rings. The third-order valence-electron chi connectivity index (χ3n) is 10.7. The zero-order chi connectivity index (χ0) is 17.5. The van der Waals surface area contributed by atoms with Gasteiger partial charge in [-0.2, -0.15) is 0 Å². The Morgan fingerprint density at radius 3 is 1.46 bits per heavy atom. The predicted octanol–water partition coefficient (Wildman–Crippen LogP) is 4.68. The Kier molecular flexibility index (Phi) is 3.61. The molecule has 2 unspecified atom stereocenters. The summed E-state index contributed by atoms with van der Waals surface area (Å²) in [6, 6.07) is 1.51. The molecule has 0 radical (unpaired) electrons. The minimum atomic E-state index is 0.481. The quantitative estimate of drug-likeness (QED) is 0.810. The minimum Gasteiger partial charge on any atom is -0.329 e. The second-order valence-corrected chi connectivity index (χ2v) is 11.3. The van der Waals surface area contributed by atoms with Crippen molar-refractivity contribution in [1.82, 2.24) is 4.90 Å². The highest BCUT2D eigenvalue weighted by Gasteiger charge is 2.67. The van der Waals surface area contributed by atoms with Crippen molar-refractivity contribution in [2.24, 2.45) is 39.2 Å². The van der Waals surface area contributed by atoms with Gasteiger partial charge in [-0.05, 0) is 72.0 Å². The first-order valence-electron chi connectivity index (χ1n) is 10.6. The number of hydrogen-bond acceptors (Lipinski definition) is 2. The van der Waals surface area contributed by atoms with Crippen LogP contribution in [-0.4, -0.2) is 30.1 Å². The lowest BCUT2D eigenvalue weighted by molar-refractivity contribution is -0.0323. The van der Waals surface area contributed by atoms with Gasteiger partial charge in [0.2, 0.25) is 0 Å². The highest BCUT2D eigenvalue weighted by Crippen LogP contribution is 2.70. The Bertz CT molecular complexity index is 480. The van der Waals surface area contributed by atoms with Gasteiger partial charge in [-0.25, -0.2) is 0 Å². The van der Waals surface area contributed by atoms with E-state index in [1.165, 1.54) is 38.5 Å². The van der Waals surface area contributed by atoms with Gasteiger partial charge in [-0.15, -0.1) is 0 Å². The molecule has 4 rings (SSSR count). The van der Waals surface area contributed by atoms with E-state index in [-0.39, 0.29) is 0 Å². The minimum absolute atomic E-state index is 0.481. The molecule has 4 bridgehead atoms. The molecular weight excluding hydrogens is 292 g/mol. The van der Waals surface area contributed by atoms with Crippen LogP contribution in [0.5, 0.6) is 0 Å². The van der Waals surface area contributed by atoms with Crippen molar-refractivity contribution in [3.05, 3.63) is 0 Å². The van der Waals surface area contributed by atoms with Gasteiger partial charge in [-0.3, -0.25) is 4.90 Å². The Morgan fingerprint density at radius 1 is 0.792 bits per heavy atom. The normalized spacial score (nSPS) is 51.0. The van der Waals surface area contributed by atoms with E-state index >= 15 is 0 Å². The fourth-order valence-electron chi connectivity index (χ4n) is 8.00. The van der Waals surface area contributed by atoms with Gasteiger partial charge in [0, 0.05) is 25.2 Å². The molecule has 0 amide bonds. The van der Waals surface area contributed by atoms with E-state index in [9.17, 15) is 0 Å². The lowest BCUT2D eigenvalue weighted by Gasteiger charge is -2.52. The highest BCUT2D eigenvalue weighted by atomic mass is 15.2. The van der Waals surface area contributed by atoms with Crippen LogP contribution < -0.4 is 5.73 Å². The van der Waals surface area contributed by atoms with Crippen LogP contribution in [0.25, 0.3) is 0 Å². The summed E-state index contributed by atoms with van der Waals surface area (Å²) in [5.74, 6) is 1.85. The second kappa shape index (κ2) is 5.00. The van der Waals surface area contributed by atoms with Crippen molar-refractivity contribution in [3.8, 4) is 0 Å². The molecule has 0 aliphatic heterocycles. The van der Waals surface area contributed by atoms with E-state index in [2.05, 4.69) is 46.4 Å². The van der Waals surface area contributed by atoms with Gasteiger partial charge in [0.15, 0.2) is 0 Å². The summed E-state index contributed by atoms with van der Waals surface area (Å²) in [4.78, 5) is 2.95. The van der Waals surface area contributed by atoms with Crippen LogP contribution in [0.2, 0.25) is 0 Å². The monoisotopic (exact) mass is 332 g/mol. The van der Waals surface area contributed by atoms with Crippen molar-refractivity contribution in [1.29, 1.82) is 0 Å². The summed E-state index contributed by atoms with van der Waals surface area (Å²) in [6.07, 6.45) is 8.58. The van der Waals surface area contributed by atoms with E-state index < -0.39 is 0 Å². The number of rotatable bonds is 4. The first-order chi connectivity index (χ1) is 11.1. The number of nitrogens with zero attached hydrogens (tertiary/aromatic N) is 1. The maximum absolute atomic E-state index is 6.14. The fraction of sp³-hybridized carbons (Fsp3) is 1.00. The third kappa shape index (κ3) is 1.80. The number of fused-ring (bicyclic) bond motifs is 4. The first kappa shape index (κ1) is 17.3. The van der Waals surface area contributed by atoms with Gasteiger partial charge < -0.3 is 5.73 Å². The molecule has 0 aromatic carbocycles. The molecule has 138 valence electrons. The summed E-state index contributed by atoms with van der Waals surface area (Å²) in [5.41, 5.74) is 8.10. The van der Waals surface area contributed by atoms with Crippen LogP contribution in [0.15, 0.2) is 0 Å². The van der Waals surface area contributed by atoms with Crippen LogP contribution in [0.3, 0.4) is 0 Å². The summed E-state index contributed by atoms with van der Waals surface area (Å²) in [7, 11) is 0. The van der Waals surface area contributed by atoms with Crippen LogP contribution in [-0.2, 0) is 0 Å². The Morgan fingerprint density at radius 2 is 1.21 bits per heavy atom. The van der Waals surface area contributed by atoms with E-state index in [1.807, 2.05) is 0 Å². The maximum Gasteiger partial charge on any atom is 0.0161 e. The number of hydrogen-bond donors (Lipinski definition) is 1. The van der Waals surface area contributed by atoms with Gasteiger partial charge in [0.25, 0.3) is 0 Å². The molecule has 0 saturated heterocycles. The lowest BCUT2D eigenvalue weighted by Crippen LogP contribution is -2.57. The molecule has 24 heavy (non-hydrogen) atoms. The Labute approximate surface area is 149 Å². The molecular formula is C22H40N2. The molecule has 2 heteroatoms. The molecule has 2 N–H and O–H groups in total. The topological polar surface area (TPSA) is 29.3 Å². The second-order valence-electron chi connectivity index (χ2n) is 11.3. The van der Waals surface area contributed by atoms with E-state index in [0.717, 1.165) is 37.0 Å².